The first kappa shape index (κ1) is 20.1. The van der Waals surface area contributed by atoms with Gasteiger partial charge in [0, 0.05) is 44.2 Å². The Morgan fingerprint density at radius 1 is 1.21 bits per heavy atom. The van der Waals surface area contributed by atoms with Crippen LogP contribution in [0.4, 0.5) is 4.39 Å². The van der Waals surface area contributed by atoms with Crippen LogP contribution in [-0.4, -0.2) is 59.0 Å². The molecule has 0 unspecified atom stereocenters. The lowest BCUT2D eigenvalue weighted by molar-refractivity contribution is -0.133. The average Bonchev–Trinajstić information content (AvgIpc) is 3.45. The van der Waals surface area contributed by atoms with Gasteiger partial charge in [-0.15, -0.1) is 0 Å². The quantitative estimate of drug-likeness (QED) is 0.664. The smallest absolute Gasteiger partial charge is 0.254 e. The molecule has 0 spiro atoms. The van der Waals surface area contributed by atoms with Crippen molar-refractivity contribution in [2.75, 3.05) is 26.8 Å². The highest BCUT2D eigenvalue weighted by atomic mass is 19.1. The van der Waals surface area contributed by atoms with Gasteiger partial charge in [-0.3, -0.25) is 9.59 Å². The molecule has 1 aliphatic rings. The van der Waals surface area contributed by atoms with Crippen LogP contribution in [0, 0.1) is 5.82 Å². The van der Waals surface area contributed by atoms with Crippen molar-refractivity contribution in [3.8, 4) is 0 Å². The van der Waals surface area contributed by atoms with E-state index in [0.29, 0.717) is 25.3 Å². The van der Waals surface area contributed by atoms with Crippen LogP contribution in [0.25, 0.3) is 0 Å². The lowest BCUT2D eigenvalue weighted by Crippen LogP contribution is -2.44. The Labute approximate surface area is 164 Å². The van der Waals surface area contributed by atoms with Gasteiger partial charge in [0.25, 0.3) is 5.91 Å². The minimum Gasteiger partial charge on any atom is -0.383 e. The summed E-state index contributed by atoms with van der Waals surface area (Å²) in [7, 11) is 3.50. The van der Waals surface area contributed by atoms with E-state index in [1.54, 1.807) is 7.11 Å². The zero-order chi connectivity index (χ0) is 20.1. The highest BCUT2D eigenvalue weighted by Gasteiger charge is 2.34. The minimum atomic E-state index is -0.404. The van der Waals surface area contributed by atoms with E-state index in [4.69, 9.17) is 4.74 Å². The van der Waals surface area contributed by atoms with Gasteiger partial charge in [-0.1, -0.05) is 0 Å². The van der Waals surface area contributed by atoms with Crippen molar-refractivity contribution < 1.29 is 18.7 Å². The van der Waals surface area contributed by atoms with Crippen LogP contribution in [0.15, 0.2) is 42.6 Å². The van der Waals surface area contributed by atoms with Gasteiger partial charge in [-0.25, -0.2) is 4.39 Å². The van der Waals surface area contributed by atoms with E-state index < -0.39 is 5.82 Å². The topological polar surface area (TPSA) is 54.8 Å². The van der Waals surface area contributed by atoms with Crippen molar-refractivity contribution in [2.24, 2.45) is 7.05 Å². The molecule has 1 aromatic heterocycles. The summed E-state index contributed by atoms with van der Waals surface area (Å²) in [5.41, 5.74) is 1.40. The number of ether oxygens (including phenoxy) is 1. The molecular formula is C21H26FN3O3. The predicted molar refractivity (Wildman–Crippen MR) is 103 cm³/mol. The number of amides is 2. The maximum atomic E-state index is 13.2. The van der Waals surface area contributed by atoms with E-state index in [0.717, 1.165) is 18.5 Å². The maximum absolute atomic E-state index is 13.2. The highest BCUT2D eigenvalue weighted by Crippen LogP contribution is 2.28. The third-order valence-electron chi connectivity index (χ3n) is 4.96. The molecule has 28 heavy (non-hydrogen) atoms. The average molecular weight is 387 g/mol. The van der Waals surface area contributed by atoms with Crippen molar-refractivity contribution in [3.63, 3.8) is 0 Å². The van der Waals surface area contributed by atoms with Gasteiger partial charge >= 0.3 is 0 Å². The van der Waals surface area contributed by atoms with Crippen LogP contribution >= 0.6 is 0 Å². The Hall–Kier alpha value is -2.67. The molecule has 2 aromatic rings. The van der Waals surface area contributed by atoms with Crippen molar-refractivity contribution in [1.29, 1.82) is 0 Å². The molecule has 1 fully saturated rings. The van der Waals surface area contributed by atoms with Crippen molar-refractivity contribution >= 4 is 11.8 Å². The molecule has 2 amide bonds. The third kappa shape index (κ3) is 4.98. The van der Waals surface area contributed by atoms with Crippen LogP contribution in [0.5, 0.6) is 0 Å². The number of nitrogens with zero attached hydrogens (tertiary/aromatic N) is 3. The summed E-state index contributed by atoms with van der Waals surface area (Å²) in [6.45, 7) is 1.11. The zero-order valence-electron chi connectivity index (χ0n) is 16.3. The lowest BCUT2D eigenvalue weighted by Gasteiger charge is -2.28. The van der Waals surface area contributed by atoms with Gasteiger partial charge < -0.3 is 19.1 Å². The number of hydrogen-bond donors (Lipinski definition) is 0. The fraction of sp³-hybridized carbons (Fsp3) is 0.429. The van der Waals surface area contributed by atoms with Crippen molar-refractivity contribution in [3.05, 3.63) is 59.7 Å². The molecule has 0 radical (unpaired) electrons. The first-order valence-corrected chi connectivity index (χ1v) is 9.43. The number of carbonyl (C=O) groups excluding carboxylic acids is 2. The second kappa shape index (κ2) is 9.01. The fourth-order valence-electron chi connectivity index (χ4n) is 3.13. The number of benzene rings is 1. The summed E-state index contributed by atoms with van der Waals surface area (Å²) in [4.78, 5) is 29.2. The molecule has 0 aliphatic heterocycles. The van der Waals surface area contributed by atoms with Crippen LogP contribution < -0.4 is 0 Å². The molecule has 150 valence electrons. The summed E-state index contributed by atoms with van der Waals surface area (Å²) < 4.78 is 20.3. The number of hydrogen-bond acceptors (Lipinski definition) is 3. The normalized spacial score (nSPS) is 13.4. The summed E-state index contributed by atoms with van der Waals surface area (Å²) in [6, 6.07) is 9.54. The first-order valence-electron chi connectivity index (χ1n) is 9.43. The molecule has 1 heterocycles. The van der Waals surface area contributed by atoms with Crippen LogP contribution in [0.1, 0.15) is 28.9 Å². The highest BCUT2D eigenvalue weighted by molar-refractivity contribution is 5.96. The van der Waals surface area contributed by atoms with E-state index >= 15 is 0 Å². The van der Waals surface area contributed by atoms with E-state index in [1.165, 1.54) is 29.2 Å². The van der Waals surface area contributed by atoms with E-state index in [2.05, 4.69) is 0 Å². The number of methoxy groups -OCH3 is 1. The third-order valence-corrected chi connectivity index (χ3v) is 4.96. The maximum Gasteiger partial charge on any atom is 0.254 e. The minimum absolute atomic E-state index is 0.0273. The number of aromatic nitrogens is 1. The lowest BCUT2D eigenvalue weighted by atomic mass is 10.2. The van der Waals surface area contributed by atoms with Crippen molar-refractivity contribution in [1.82, 2.24) is 14.4 Å². The van der Waals surface area contributed by atoms with E-state index in [9.17, 15) is 14.0 Å². The van der Waals surface area contributed by atoms with Gasteiger partial charge in [-0.05, 0) is 49.2 Å². The second-order valence-electron chi connectivity index (χ2n) is 7.09. The van der Waals surface area contributed by atoms with Crippen LogP contribution in [0.2, 0.25) is 0 Å². The van der Waals surface area contributed by atoms with Crippen molar-refractivity contribution in [2.45, 2.75) is 25.4 Å². The Kier molecular flexibility index (Phi) is 6.46. The molecule has 0 bridgehead atoms. The van der Waals surface area contributed by atoms with Gasteiger partial charge in [0.2, 0.25) is 5.91 Å². The summed E-state index contributed by atoms with van der Waals surface area (Å²) in [5.74, 6) is -0.797. The zero-order valence-corrected chi connectivity index (χ0v) is 16.3. The Morgan fingerprint density at radius 2 is 1.93 bits per heavy atom. The molecule has 0 N–H and O–H groups in total. The first-order chi connectivity index (χ1) is 13.5. The summed E-state index contributed by atoms with van der Waals surface area (Å²) in [5, 5.41) is 0. The van der Waals surface area contributed by atoms with Gasteiger partial charge in [0.05, 0.1) is 13.2 Å². The molecule has 1 aliphatic carbocycles. The fourth-order valence-corrected chi connectivity index (χ4v) is 3.13. The molecule has 0 saturated heterocycles. The number of aryl methyl sites for hydroxylation is 1. The Morgan fingerprint density at radius 3 is 2.50 bits per heavy atom. The monoisotopic (exact) mass is 387 g/mol. The second-order valence-corrected chi connectivity index (χ2v) is 7.09. The molecule has 6 nitrogen and oxygen atoms in total. The predicted octanol–water partition coefficient (Wildman–Crippen LogP) is 2.44. The molecule has 0 atom stereocenters. The van der Waals surface area contributed by atoms with Gasteiger partial charge in [-0.2, -0.15) is 0 Å². The largest absolute Gasteiger partial charge is 0.383 e. The molecule has 7 heteroatoms. The SMILES string of the molecule is COCCN(CC(=O)N(Cc1cccn1C)C1CC1)C(=O)c1ccc(F)cc1. The number of carbonyl (C=O) groups is 2. The Bertz CT molecular complexity index is 815. The van der Waals surface area contributed by atoms with Gasteiger partial charge in [0.1, 0.15) is 12.4 Å². The van der Waals surface area contributed by atoms with Crippen LogP contribution in [-0.2, 0) is 23.1 Å². The number of rotatable bonds is 9. The van der Waals surface area contributed by atoms with E-state index in [-0.39, 0.29) is 24.4 Å². The molecule has 1 saturated carbocycles. The standard InChI is InChI=1S/C21H26FN3O3/c1-23-11-3-4-19(23)14-25(18-9-10-18)20(26)15-24(12-13-28-2)21(27)16-5-7-17(22)8-6-16/h3-8,11,18H,9-10,12-15H2,1-2H3. The van der Waals surface area contributed by atoms with Crippen LogP contribution in [0.3, 0.4) is 0 Å². The van der Waals surface area contributed by atoms with Gasteiger partial charge in [0.15, 0.2) is 0 Å². The molecule has 1 aromatic carbocycles. The summed E-state index contributed by atoms with van der Waals surface area (Å²) >= 11 is 0. The summed E-state index contributed by atoms with van der Waals surface area (Å²) in [6.07, 6.45) is 3.92. The molecule has 3 rings (SSSR count). The number of halogens is 1. The molecular weight excluding hydrogens is 361 g/mol. The van der Waals surface area contributed by atoms with E-state index in [1.807, 2.05) is 34.8 Å². The Balaban J connectivity index is 1.72.